The number of hydrogen-bond donors (Lipinski definition) is 2. The van der Waals surface area contributed by atoms with Crippen LogP contribution in [0.1, 0.15) is 23.2 Å². The Morgan fingerprint density at radius 3 is 2.67 bits per heavy atom. The number of hydrogen-bond acceptors (Lipinski definition) is 4. The molecule has 116 valence electrons. The van der Waals surface area contributed by atoms with Gasteiger partial charge < -0.3 is 20.1 Å². The van der Waals surface area contributed by atoms with Crippen LogP contribution in [0.5, 0.6) is 11.5 Å². The third kappa shape index (κ3) is 4.29. The minimum Gasteiger partial charge on any atom is -0.493 e. The summed E-state index contributed by atoms with van der Waals surface area (Å²) < 4.78 is 34.0. The first-order valence-corrected chi connectivity index (χ1v) is 6.74. The summed E-state index contributed by atoms with van der Waals surface area (Å²) in [6, 6.07) is 4.32. The molecule has 2 rings (SSSR count). The van der Waals surface area contributed by atoms with Gasteiger partial charge in [-0.25, -0.2) is 0 Å². The molecule has 1 aromatic carbocycles. The average molecular weight is 300 g/mol. The Labute approximate surface area is 121 Å². The Hall–Kier alpha value is -1.89. The molecule has 2 N–H and O–H groups in total. The SMILES string of the molecule is COc1ccc(C(=O)NC2CCNCC2)cc1OC(F)F. The lowest BCUT2D eigenvalue weighted by molar-refractivity contribution is -0.0512. The van der Waals surface area contributed by atoms with E-state index in [0.717, 1.165) is 25.9 Å². The molecule has 1 amide bonds. The van der Waals surface area contributed by atoms with Crippen LogP contribution >= 0.6 is 0 Å². The number of halogens is 2. The Morgan fingerprint density at radius 2 is 2.05 bits per heavy atom. The minimum absolute atomic E-state index is 0.0975. The van der Waals surface area contributed by atoms with Crippen molar-refractivity contribution in [1.29, 1.82) is 0 Å². The predicted octanol–water partition coefficient (Wildman–Crippen LogP) is 1.78. The van der Waals surface area contributed by atoms with Crippen molar-refractivity contribution < 1.29 is 23.0 Å². The first-order chi connectivity index (χ1) is 10.1. The largest absolute Gasteiger partial charge is 0.493 e. The van der Waals surface area contributed by atoms with E-state index in [9.17, 15) is 13.6 Å². The standard InChI is InChI=1S/C14H18F2N2O3/c1-20-11-3-2-9(8-12(11)21-14(15)16)13(19)18-10-4-6-17-7-5-10/h2-3,8,10,14,17H,4-7H2,1H3,(H,18,19). The lowest BCUT2D eigenvalue weighted by Crippen LogP contribution is -2.42. The monoisotopic (exact) mass is 300 g/mol. The normalized spacial score (nSPS) is 15.8. The summed E-state index contributed by atoms with van der Waals surface area (Å²) in [6.45, 7) is -1.26. The molecule has 0 radical (unpaired) electrons. The smallest absolute Gasteiger partial charge is 0.387 e. The second-order valence-electron chi connectivity index (χ2n) is 4.74. The summed E-state index contributed by atoms with van der Waals surface area (Å²) in [5.74, 6) is -0.289. The summed E-state index contributed by atoms with van der Waals surface area (Å²) in [4.78, 5) is 12.1. The number of rotatable bonds is 5. The highest BCUT2D eigenvalue weighted by Crippen LogP contribution is 2.29. The Morgan fingerprint density at radius 1 is 1.33 bits per heavy atom. The van der Waals surface area contributed by atoms with Crippen molar-refractivity contribution in [3.8, 4) is 11.5 Å². The minimum atomic E-state index is -2.97. The molecule has 1 aliphatic rings. The highest BCUT2D eigenvalue weighted by molar-refractivity contribution is 5.95. The number of ether oxygens (including phenoxy) is 2. The van der Waals surface area contributed by atoms with Gasteiger partial charge in [0.15, 0.2) is 11.5 Å². The fourth-order valence-electron chi connectivity index (χ4n) is 2.24. The molecule has 0 saturated carbocycles. The average Bonchev–Trinajstić information content (AvgIpc) is 2.47. The quantitative estimate of drug-likeness (QED) is 0.870. The molecular weight excluding hydrogens is 282 g/mol. The molecule has 1 fully saturated rings. The lowest BCUT2D eigenvalue weighted by Gasteiger charge is -2.23. The maximum atomic E-state index is 12.4. The van der Waals surface area contributed by atoms with Gasteiger partial charge in [0, 0.05) is 11.6 Å². The van der Waals surface area contributed by atoms with E-state index in [4.69, 9.17) is 4.74 Å². The van der Waals surface area contributed by atoms with Gasteiger partial charge in [-0.1, -0.05) is 0 Å². The zero-order valence-corrected chi connectivity index (χ0v) is 11.7. The van der Waals surface area contributed by atoms with Gasteiger partial charge in [0.05, 0.1) is 7.11 Å². The summed E-state index contributed by atoms with van der Waals surface area (Å²) >= 11 is 0. The third-order valence-corrected chi connectivity index (χ3v) is 3.32. The molecule has 0 aliphatic carbocycles. The van der Waals surface area contributed by atoms with Crippen molar-refractivity contribution in [1.82, 2.24) is 10.6 Å². The van der Waals surface area contributed by atoms with Gasteiger partial charge in [-0.15, -0.1) is 0 Å². The van der Waals surface area contributed by atoms with E-state index >= 15 is 0 Å². The van der Waals surface area contributed by atoms with Crippen molar-refractivity contribution in [2.45, 2.75) is 25.5 Å². The van der Waals surface area contributed by atoms with Crippen molar-refractivity contribution in [3.63, 3.8) is 0 Å². The van der Waals surface area contributed by atoms with Crippen LogP contribution in [0.4, 0.5) is 8.78 Å². The van der Waals surface area contributed by atoms with Gasteiger partial charge in [-0.2, -0.15) is 8.78 Å². The number of benzene rings is 1. The molecule has 1 heterocycles. The number of nitrogens with one attached hydrogen (secondary N) is 2. The van der Waals surface area contributed by atoms with Crippen LogP contribution in [0.25, 0.3) is 0 Å². The number of amides is 1. The number of piperidine rings is 1. The van der Waals surface area contributed by atoms with E-state index in [-0.39, 0.29) is 29.0 Å². The van der Waals surface area contributed by atoms with Gasteiger partial charge in [0.2, 0.25) is 0 Å². The van der Waals surface area contributed by atoms with E-state index < -0.39 is 6.61 Å². The fraction of sp³-hybridized carbons (Fsp3) is 0.500. The molecule has 0 spiro atoms. The number of carbonyl (C=O) groups is 1. The molecule has 0 unspecified atom stereocenters. The summed E-state index contributed by atoms with van der Waals surface area (Å²) in [7, 11) is 1.35. The zero-order chi connectivity index (χ0) is 15.2. The van der Waals surface area contributed by atoms with Crippen LogP contribution in [0.3, 0.4) is 0 Å². The third-order valence-electron chi connectivity index (χ3n) is 3.32. The van der Waals surface area contributed by atoms with Gasteiger partial charge in [0.1, 0.15) is 0 Å². The molecule has 1 aromatic rings. The molecule has 1 saturated heterocycles. The van der Waals surface area contributed by atoms with E-state index in [1.165, 1.54) is 25.3 Å². The maximum Gasteiger partial charge on any atom is 0.387 e. The first-order valence-electron chi connectivity index (χ1n) is 6.74. The van der Waals surface area contributed by atoms with Crippen LogP contribution in [-0.2, 0) is 0 Å². The van der Waals surface area contributed by atoms with Crippen molar-refractivity contribution >= 4 is 5.91 Å². The molecule has 0 atom stereocenters. The number of carbonyl (C=O) groups excluding carboxylic acids is 1. The van der Waals surface area contributed by atoms with Gasteiger partial charge in [-0.05, 0) is 44.1 Å². The second kappa shape index (κ2) is 7.21. The number of alkyl halides is 2. The van der Waals surface area contributed by atoms with Crippen molar-refractivity contribution in [3.05, 3.63) is 23.8 Å². The predicted molar refractivity (Wildman–Crippen MR) is 73.0 cm³/mol. The molecule has 1 aliphatic heterocycles. The van der Waals surface area contributed by atoms with Gasteiger partial charge in [-0.3, -0.25) is 4.79 Å². The Bertz CT molecular complexity index is 491. The molecule has 7 heteroatoms. The van der Waals surface area contributed by atoms with Crippen LogP contribution in [-0.4, -0.2) is 38.8 Å². The zero-order valence-electron chi connectivity index (χ0n) is 11.7. The Balaban J connectivity index is 2.09. The summed E-state index contributed by atoms with van der Waals surface area (Å²) in [5, 5.41) is 6.09. The molecular formula is C14H18F2N2O3. The number of methoxy groups -OCH3 is 1. The molecule has 5 nitrogen and oxygen atoms in total. The van der Waals surface area contributed by atoms with Gasteiger partial charge >= 0.3 is 6.61 Å². The summed E-state index contributed by atoms with van der Waals surface area (Å²) in [5.41, 5.74) is 0.269. The topological polar surface area (TPSA) is 59.6 Å². The van der Waals surface area contributed by atoms with Gasteiger partial charge in [0.25, 0.3) is 5.91 Å². The molecule has 0 aromatic heterocycles. The Kier molecular flexibility index (Phi) is 5.32. The summed E-state index contributed by atoms with van der Waals surface area (Å²) in [6.07, 6.45) is 1.70. The second-order valence-corrected chi connectivity index (χ2v) is 4.74. The molecule has 21 heavy (non-hydrogen) atoms. The van der Waals surface area contributed by atoms with E-state index in [0.29, 0.717) is 0 Å². The maximum absolute atomic E-state index is 12.4. The van der Waals surface area contributed by atoms with E-state index in [1.807, 2.05) is 0 Å². The van der Waals surface area contributed by atoms with Crippen LogP contribution < -0.4 is 20.1 Å². The molecule has 0 bridgehead atoms. The van der Waals surface area contributed by atoms with Crippen molar-refractivity contribution in [2.24, 2.45) is 0 Å². The first kappa shape index (κ1) is 15.5. The van der Waals surface area contributed by atoms with Crippen LogP contribution in [0.2, 0.25) is 0 Å². The van der Waals surface area contributed by atoms with Crippen LogP contribution in [0, 0.1) is 0 Å². The van der Waals surface area contributed by atoms with Crippen LogP contribution in [0.15, 0.2) is 18.2 Å². The van der Waals surface area contributed by atoms with E-state index in [1.54, 1.807) is 0 Å². The van der Waals surface area contributed by atoms with E-state index in [2.05, 4.69) is 15.4 Å². The van der Waals surface area contributed by atoms with Crippen molar-refractivity contribution in [2.75, 3.05) is 20.2 Å². The highest BCUT2D eigenvalue weighted by atomic mass is 19.3. The fourth-order valence-corrected chi connectivity index (χ4v) is 2.24. The lowest BCUT2D eigenvalue weighted by atomic mass is 10.1. The highest BCUT2D eigenvalue weighted by Gasteiger charge is 2.18.